The number of benzene rings is 1. The maximum Gasteiger partial charge on any atom is 0.435 e. The minimum Gasteiger partial charge on any atom is -0.318 e. The molecule has 2 aromatic rings. The molecule has 140 valence electrons. The summed E-state index contributed by atoms with van der Waals surface area (Å²) in [5.41, 5.74) is -1.39. The first-order valence-corrected chi connectivity index (χ1v) is 8.61. The average Bonchev–Trinajstić information content (AvgIpc) is 2.86. The van der Waals surface area contributed by atoms with Crippen molar-refractivity contribution in [1.82, 2.24) is 9.78 Å². The molecule has 0 spiro atoms. The van der Waals surface area contributed by atoms with Crippen LogP contribution in [0.25, 0.3) is 0 Å². The molecule has 1 heterocycles. The van der Waals surface area contributed by atoms with Crippen molar-refractivity contribution < 1.29 is 22.8 Å². The Morgan fingerprint density at radius 1 is 1.35 bits per heavy atom. The zero-order valence-electron chi connectivity index (χ0n) is 14.0. The maximum atomic E-state index is 13.3. The molecule has 5 nitrogen and oxygen atoms in total. The summed E-state index contributed by atoms with van der Waals surface area (Å²) in [5.74, 6) is -1.10. The Kier molecular flexibility index (Phi) is 6.35. The van der Waals surface area contributed by atoms with Crippen LogP contribution < -0.4 is 0 Å². The Balaban J connectivity index is 2.40. The number of carbonyl (C=O) groups is 1. The van der Waals surface area contributed by atoms with E-state index >= 15 is 0 Å². The van der Waals surface area contributed by atoms with E-state index < -0.39 is 23.8 Å². The molecular formula is C16H15ClF3N3O2S. The van der Waals surface area contributed by atoms with Gasteiger partial charge < -0.3 is 4.84 Å². The van der Waals surface area contributed by atoms with Crippen LogP contribution in [-0.2, 0) is 22.9 Å². The Bertz CT molecular complexity index is 817. The summed E-state index contributed by atoms with van der Waals surface area (Å²) in [7, 11) is 1.39. The number of carbonyl (C=O) groups excluding carboxylic acids is 1. The van der Waals surface area contributed by atoms with E-state index in [1.165, 1.54) is 7.05 Å². The van der Waals surface area contributed by atoms with Crippen molar-refractivity contribution in [3.63, 3.8) is 0 Å². The second kappa shape index (κ2) is 8.13. The standard InChI is InChI=1S/C16H15ClF3N3O2S/c1-9(2)15(24)25-21-8-12-13(16(18,19)20)22-23(3)14(12)26-11-6-4-10(17)5-7-11/h4-9H,1-3H3/b21-8-. The first-order valence-electron chi connectivity index (χ1n) is 7.41. The van der Waals surface area contributed by atoms with E-state index in [0.717, 1.165) is 22.7 Å². The number of aromatic nitrogens is 2. The topological polar surface area (TPSA) is 56.5 Å². The van der Waals surface area contributed by atoms with E-state index in [1.54, 1.807) is 38.1 Å². The molecule has 26 heavy (non-hydrogen) atoms. The van der Waals surface area contributed by atoms with Gasteiger partial charge in [-0.2, -0.15) is 18.3 Å². The first-order chi connectivity index (χ1) is 12.1. The number of oxime groups is 1. The number of hydrogen-bond donors (Lipinski definition) is 0. The van der Waals surface area contributed by atoms with Crippen molar-refractivity contribution in [1.29, 1.82) is 0 Å². The third kappa shape index (κ3) is 5.01. The smallest absolute Gasteiger partial charge is 0.318 e. The van der Waals surface area contributed by atoms with Gasteiger partial charge in [0.2, 0.25) is 0 Å². The minimum atomic E-state index is -4.68. The molecule has 0 unspecified atom stereocenters. The van der Waals surface area contributed by atoms with Gasteiger partial charge in [0.15, 0.2) is 5.69 Å². The lowest BCUT2D eigenvalue weighted by Crippen LogP contribution is -2.10. The summed E-state index contributed by atoms with van der Waals surface area (Å²) in [6, 6.07) is 6.60. The molecule has 0 N–H and O–H groups in total. The predicted octanol–water partition coefficient (Wildman–Crippen LogP) is 4.78. The van der Waals surface area contributed by atoms with Gasteiger partial charge in [-0.1, -0.05) is 42.4 Å². The van der Waals surface area contributed by atoms with Crippen molar-refractivity contribution in [2.75, 3.05) is 0 Å². The normalized spacial score (nSPS) is 12.2. The minimum absolute atomic E-state index is 0.198. The summed E-state index contributed by atoms with van der Waals surface area (Å²) in [4.78, 5) is 16.7. The predicted molar refractivity (Wildman–Crippen MR) is 92.3 cm³/mol. The van der Waals surface area contributed by atoms with E-state index in [9.17, 15) is 18.0 Å². The number of halogens is 4. The van der Waals surface area contributed by atoms with Gasteiger partial charge in [0.05, 0.1) is 17.7 Å². The SMILES string of the molecule is CC(C)C(=O)O/N=C\c1c(C(F)(F)F)nn(C)c1Sc1ccc(Cl)cc1. The zero-order chi connectivity index (χ0) is 19.5. The van der Waals surface area contributed by atoms with Crippen LogP contribution in [0.3, 0.4) is 0 Å². The number of rotatable bonds is 5. The van der Waals surface area contributed by atoms with Gasteiger partial charge >= 0.3 is 12.1 Å². The number of alkyl halides is 3. The largest absolute Gasteiger partial charge is 0.435 e. The molecule has 0 saturated heterocycles. The highest BCUT2D eigenvalue weighted by molar-refractivity contribution is 7.99. The fourth-order valence-corrected chi connectivity index (χ4v) is 2.88. The van der Waals surface area contributed by atoms with E-state index in [2.05, 4.69) is 15.1 Å². The summed E-state index contributed by atoms with van der Waals surface area (Å²) >= 11 is 6.88. The first kappa shape index (κ1) is 20.3. The Morgan fingerprint density at radius 3 is 2.50 bits per heavy atom. The molecular weight excluding hydrogens is 391 g/mol. The maximum absolute atomic E-state index is 13.3. The van der Waals surface area contributed by atoms with Crippen LogP contribution in [-0.4, -0.2) is 22.0 Å². The quantitative estimate of drug-likeness (QED) is 0.408. The van der Waals surface area contributed by atoms with Gasteiger partial charge in [-0.15, -0.1) is 0 Å². The summed E-state index contributed by atoms with van der Waals surface area (Å²) in [5, 5.41) is 7.66. The van der Waals surface area contributed by atoms with Crippen LogP contribution in [0.2, 0.25) is 5.02 Å². The molecule has 2 rings (SSSR count). The van der Waals surface area contributed by atoms with Crippen molar-refractivity contribution >= 4 is 35.5 Å². The van der Waals surface area contributed by atoms with Crippen LogP contribution >= 0.6 is 23.4 Å². The lowest BCUT2D eigenvalue weighted by Gasteiger charge is -2.05. The molecule has 0 aliphatic carbocycles. The Morgan fingerprint density at radius 2 is 1.96 bits per heavy atom. The monoisotopic (exact) mass is 405 g/mol. The Hall–Kier alpha value is -2.00. The molecule has 10 heteroatoms. The molecule has 0 atom stereocenters. The van der Waals surface area contributed by atoms with Gasteiger partial charge in [-0.05, 0) is 24.3 Å². The average molecular weight is 406 g/mol. The molecule has 0 aliphatic heterocycles. The fourth-order valence-electron chi connectivity index (χ4n) is 1.82. The van der Waals surface area contributed by atoms with Crippen molar-refractivity contribution in [2.24, 2.45) is 18.1 Å². The van der Waals surface area contributed by atoms with Crippen molar-refractivity contribution in [2.45, 2.75) is 29.9 Å². The highest BCUT2D eigenvalue weighted by Gasteiger charge is 2.38. The molecule has 0 aliphatic rings. The number of nitrogens with zero attached hydrogens (tertiary/aromatic N) is 3. The summed E-state index contributed by atoms with van der Waals surface area (Å²) in [6.45, 7) is 3.18. The van der Waals surface area contributed by atoms with Gasteiger partial charge in [0.25, 0.3) is 0 Å². The lowest BCUT2D eigenvalue weighted by atomic mass is 10.2. The van der Waals surface area contributed by atoms with E-state index in [4.69, 9.17) is 11.6 Å². The molecule has 0 bridgehead atoms. The molecule has 0 fully saturated rings. The van der Waals surface area contributed by atoms with Gasteiger partial charge in [0.1, 0.15) is 5.03 Å². The van der Waals surface area contributed by atoms with Crippen molar-refractivity contribution in [3.8, 4) is 0 Å². The Labute approximate surface area is 157 Å². The van der Waals surface area contributed by atoms with Gasteiger partial charge in [-0.25, -0.2) is 4.79 Å². The van der Waals surface area contributed by atoms with Crippen LogP contribution in [0.15, 0.2) is 39.3 Å². The molecule has 0 amide bonds. The van der Waals surface area contributed by atoms with Crippen LogP contribution in [0.4, 0.5) is 13.2 Å². The zero-order valence-corrected chi connectivity index (χ0v) is 15.6. The van der Waals surface area contributed by atoms with Gasteiger partial charge in [-0.3, -0.25) is 4.68 Å². The van der Waals surface area contributed by atoms with Crippen LogP contribution in [0.1, 0.15) is 25.1 Å². The molecule has 0 radical (unpaired) electrons. The highest BCUT2D eigenvalue weighted by Crippen LogP contribution is 2.37. The van der Waals surface area contributed by atoms with E-state index in [0.29, 0.717) is 9.92 Å². The number of aryl methyl sites for hydroxylation is 1. The second-order valence-electron chi connectivity index (χ2n) is 5.54. The lowest BCUT2D eigenvalue weighted by molar-refractivity contribution is -0.147. The summed E-state index contributed by atoms with van der Waals surface area (Å²) < 4.78 is 40.9. The van der Waals surface area contributed by atoms with E-state index in [1.807, 2.05) is 0 Å². The highest BCUT2D eigenvalue weighted by atomic mass is 35.5. The van der Waals surface area contributed by atoms with Crippen LogP contribution in [0, 0.1) is 5.92 Å². The molecule has 0 saturated carbocycles. The number of hydrogen-bond acceptors (Lipinski definition) is 5. The van der Waals surface area contributed by atoms with Crippen molar-refractivity contribution in [3.05, 3.63) is 40.5 Å². The molecule has 1 aromatic carbocycles. The van der Waals surface area contributed by atoms with E-state index in [-0.39, 0.29) is 10.6 Å². The third-order valence-electron chi connectivity index (χ3n) is 3.12. The summed E-state index contributed by atoms with van der Waals surface area (Å²) in [6.07, 6.45) is -3.83. The van der Waals surface area contributed by atoms with Gasteiger partial charge in [0, 0.05) is 17.0 Å². The third-order valence-corrected chi connectivity index (χ3v) is 4.56. The molecule has 1 aromatic heterocycles. The van der Waals surface area contributed by atoms with Crippen LogP contribution in [0.5, 0.6) is 0 Å². The second-order valence-corrected chi connectivity index (χ2v) is 7.04. The fraction of sp³-hybridized carbons (Fsp3) is 0.312.